The first-order valence-corrected chi connectivity index (χ1v) is 6.65. The number of hydrogen-bond acceptors (Lipinski definition) is 4. The molecule has 0 N–H and O–H groups in total. The molecule has 0 radical (unpaired) electrons. The van der Waals surface area contributed by atoms with Gasteiger partial charge < -0.3 is 0 Å². The number of nitrogens with zero attached hydrogens (tertiary/aromatic N) is 1. The predicted octanol–water partition coefficient (Wildman–Crippen LogP) is 2.31. The van der Waals surface area contributed by atoms with Crippen molar-refractivity contribution in [3.05, 3.63) is 26.3 Å². The third-order valence-electron chi connectivity index (χ3n) is 1.42. The second-order valence-electron chi connectivity index (χ2n) is 2.53. The minimum atomic E-state index is -3.46. The molecule has 0 aliphatic heterocycles. The summed E-state index contributed by atoms with van der Waals surface area (Å²) in [7, 11) is -3.46. The summed E-state index contributed by atoms with van der Waals surface area (Å²) in [6, 6.07) is 3.28. The van der Waals surface area contributed by atoms with Gasteiger partial charge in [-0.2, -0.15) is 5.26 Å². The van der Waals surface area contributed by atoms with Crippen LogP contribution in [0.25, 0.3) is 6.08 Å². The van der Waals surface area contributed by atoms with Crippen molar-refractivity contribution in [1.82, 2.24) is 0 Å². The van der Waals surface area contributed by atoms with E-state index in [1.165, 1.54) is 17.4 Å². The molecular weight excluding hydrogens is 242 g/mol. The molecule has 1 rings (SSSR count). The van der Waals surface area contributed by atoms with Crippen molar-refractivity contribution in [1.29, 1.82) is 5.26 Å². The first-order valence-electron chi connectivity index (χ1n) is 3.50. The first-order chi connectivity index (χ1) is 6.45. The Hall–Kier alpha value is -0.830. The Kier molecular flexibility index (Phi) is 3.32. The van der Waals surface area contributed by atoms with Crippen LogP contribution in [0, 0.1) is 11.3 Å². The molecule has 0 saturated heterocycles. The smallest absolute Gasteiger partial charge is 0.185 e. The molecule has 0 fully saturated rings. The third kappa shape index (κ3) is 2.58. The number of nitriles is 1. The van der Waals surface area contributed by atoms with Crippen molar-refractivity contribution in [3.63, 3.8) is 0 Å². The number of thiophene rings is 1. The summed E-state index contributed by atoms with van der Waals surface area (Å²) in [5.74, 6) is 0. The van der Waals surface area contributed by atoms with Gasteiger partial charge in [-0.25, -0.2) is 8.42 Å². The van der Waals surface area contributed by atoms with Crippen molar-refractivity contribution in [2.75, 3.05) is 6.26 Å². The molecule has 0 aliphatic rings. The topological polar surface area (TPSA) is 57.9 Å². The minimum Gasteiger partial charge on any atom is -0.223 e. The van der Waals surface area contributed by atoms with Gasteiger partial charge in [0, 0.05) is 11.1 Å². The summed E-state index contributed by atoms with van der Waals surface area (Å²) in [6.45, 7) is 0. The van der Waals surface area contributed by atoms with E-state index in [-0.39, 0.29) is 4.91 Å². The van der Waals surface area contributed by atoms with Gasteiger partial charge in [0.25, 0.3) is 0 Å². The zero-order valence-electron chi connectivity index (χ0n) is 7.19. The molecule has 0 aromatic carbocycles. The normalized spacial score (nSPS) is 12.5. The molecule has 0 unspecified atom stereocenters. The van der Waals surface area contributed by atoms with Crippen LogP contribution >= 0.6 is 22.9 Å². The summed E-state index contributed by atoms with van der Waals surface area (Å²) in [5.41, 5.74) is 0. The van der Waals surface area contributed by atoms with E-state index in [0.717, 1.165) is 6.26 Å². The van der Waals surface area contributed by atoms with Crippen molar-refractivity contribution in [3.8, 4) is 6.07 Å². The van der Waals surface area contributed by atoms with Crippen LogP contribution in [0.5, 0.6) is 0 Å². The largest absolute Gasteiger partial charge is 0.223 e. The molecule has 6 heteroatoms. The highest BCUT2D eigenvalue weighted by Gasteiger charge is 2.11. The highest BCUT2D eigenvalue weighted by atomic mass is 35.5. The van der Waals surface area contributed by atoms with Crippen molar-refractivity contribution in [2.24, 2.45) is 0 Å². The molecule has 0 saturated carbocycles. The molecule has 1 heterocycles. The summed E-state index contributed by atoms with van der Waals surface area (Å²) in [6.07, 6.45) is 2.27. The van der Waals surface area contributed by atoms with Gasteiger partial charge in [0.05, 0.1) is 5.02 Å². The van der Waals surface area contributed by atoms with E-state index in [1.54, 1.807) is 17.5 Å². The average Bonchev–Trinajstić information content (AvgIpc) is 2.45. The maximum Gasteiger partial charge on any atom is 0.185 e. The van der Waals surface area contributed by atoms with Crippen LogP contribution in [0.1, 0.15) is 4.88 Å². The van der Waals surface area contributed by atoms with E-state index in [0.29, 0.717) is 9.90 Å². The van der Waals surface area contributed by atoms with Gasteiger partial charge >= 0.3 is 0 Å². The lowest BCUT2D eigenvalue weighted by Gasteiger charge is -1.93. The van der Waals surface area contributed by atoms with Crippen LogP contribution in [0.2, 0.25) is 5.02 Å². The molecule has 3 nitrogen and oxygen atoms in total. The van der Waals surface area contributed by atoms with Crippen molar-refractivity contribution < 1.29 is 8.42 Å². The Morgan fingerprint density at radius 3 is 2.71 bits per heavy atom. The highest BCUT2D eigenvalue weighted by Crippen LogP contribution is 2.25. The highest BCUT2D eigenvalue weighted by molar-refractivity contribution is 7.95. The second kappa shape index (κ2) is 4.13. The quantitative estimate of drug-likeness (QED) is 0.754. The Morgan fingerprint density at radius 2 is 2.36 bits per heavy atom. The molecule has 0 amide bonds. The fourth-order valence-electron chi connectivity index (χ4n) is 0.750. The molecule has 0 spiro atoms. The maximum absolute atomic E-state index is 11.1. The van der Waals surface area contributed by atoms with Crippen LogP contribution < -0.4 is 0 Å². The van der Waals surface area contributed by atoms with Gasteiger partial charge in [0.1, 0.15) is 11.0 Å². The average molecular weight is 248 g/mol. The summed E-state index contributed by atoms with van der Waals surface area (Å²) in [5, 5.41) is 10.8. The Morgan fingerprint density at radius 1 is 1.71 bits per heavy atom. The fourth-order valence-corrected chi connectivity index (χ4v) is 2.37. The molecular formula is C8H6ClNO2S2. The molecule has 0 atom stereocenters. The lowest BCUT2D eigenvalue weighted by Crippen LogP contribution is -1.97. The van der Waals surface area contributed by atoms with E-state index >= 15 is 0 Å². The molecule has 0 bridgehead atoms. The van der Waals surface area contributed by atoms with Crippen LogP contribution in [-0.2, 0) is 9.84 Å². The third-order valence-corrected chi connectivity index (χ3v) is 3.73. The maximum atomic E-state index is 11.1. The van der Waals surface area contributed by atoms with E-state index in [4.69, 9.17) is 16.9 Å². The number of halogens is 1. The number of sulfone groups is 1. The van der Waals surface area contributed by atoms with Crippen LogP contribution in [0.4, 0.5) is 0 Å². The Bertz CT molecular complexity index is 508. The SMILES string of the molecule is CS(=O)(=O)/C(C#N)=C/c1sccc1Cl. The zero-order chi connectivity index (χ0) is 10.8. The first kappa shape index (κ1) is 11.2. The van der Waals surface area contributed by atoms with E-state index < -0.39 is 9.84 Å². The van der Waals surface area contributed by atoms with Gasteiger partial charge in [-0.05, 0) is 17.5 Å². The lowest BCUT2D eigenvalue weighted by molar-refractivity contribution is 0.609. The van der Waals surface area contributed by atoms with Crippen LogP contribution in [0.3, 0.4) is 0 Å². The number of allylic oxidation sites excluding steroid dienone is 1. The second-order valence-corrected chi connectivity index (χ2v) is 5.86. The Balaban J connectivity index is 3.23. The predicted molar refractivity (Wildman–Crippen MR) is 57.8 cm³/mol. The Labute approximate surface area is 91.2 Å². The lowest BCUT2D eigenvalue weighted by atomic mass is 10.4. The van der Waals surface area contributed by atoms with Crippen LogP contribution in [0.15, 0.2) is 16.4 Å². The van der Waals surface area contributed by atoms with E-state index in [9.17, 15) is 8.42 Å². The number of rotatable bonds is 2. The summed E-state index contributed by atoms with van der Waals surface area (Å²) < 4.78 is 22.1. The minimum absolute atomic E-state index is 0.276. The van der Waals surface area contributed by atoms with Crippen molar-refractivity contribution >= 4 is 38.9 Å². The molecule has 1 aromatic rings. The van der Waals surface area contributed by atoms with E-state index in [1.807, 2.05) is 0 Å². The molecule has 1 aromatic heterocycles. The molecule has 74 valence electrons. The van der Waals surface area contributed by atoms with Gasteiger partial charge in [-0.1, -0.05) is 11.6 Å². The van der Waals surface area contributed by atoms with Gasteiger partial charge in [-0.3, -0.25) is 0 Å². The fraction of sp³-hybridized carbons (Fsp3) is 0.125. The van der Waals surface area contributed by atoms with Gasteiger partial charge in [0.15, 0.2) is 9.84 Å². The summed E-state index contributed by atoms with van der Waals surface area (Å²) in [4.78, 5) is 0.301. The summed E-state index contributed by atoms with van der Waals surface area (Å²) >= 11 is 7.04. The standard InChI is InChI=1S/C8H6ClNO2S2/c1-14(11,12)6(5-10)4-8-7(9)2-3-13-8/h2-4H,1H3/b6-4+. The van der Waals surface area contributed by atoms with E-state index in [2.05, 4.69) is 0 Å². The van der Waals surface area contributed by atoms with Gasteiger partial charge in [-0.15, -0.1) is 11.3 Å². The zero-order valence-corrected chi connectivity index (χ0v) is 9.58. The van der Waals surface area contributed by atoms with Crippen LogP contribution in [-0.4, -0.2) is 14.7 Å². The number of hydrogen-bond donors (Lipinski definition) is 0. The molecule has 0 aliphatic carbocycles. The molecule has 14 heavy (non-hydrogen) atoms. The monoisotopic (exact) mass is 247 g/mol. The van der Waals surface area contributed by atoms with Gasteiger partial charge in [0.2, 0.25) is 0 Å². The van der Waals surface area contributed by atoms with Crippen molar-refractivity contribution in [2.45, 2.75) is 0 Å².